The molecule has 0 bridgehead atoms. The number of benzene rings is 3. The minimum Gasteiger partial charge on any atom is -0.497 e. The lowest BCUT2D eigenvalue weighted by Crippen LogP contribution is -2.43. The van der Waals surface area contributed by atoms with Gasteiger partial charge in [-0.2, -0.15) is 0 Å². The van der Waals surface area contributed by atoms with E-state index in [-0.39, 0.29) is 0 Å². The second kappa shape index (κ2) is 10.2. The molecule has 0 amide bonds. The molecule has 1 atom stereocenters. The number of imidazole rings is 1. The summed E-state index contributed by atoms with van der Waals surface area (Å²) < 4.78 is 12.9. The highest BCUT2D eigenvalue weighted by molar-refractivity contribution is 6.30. The SMILES string of the molecule is COc1ccc(CN2C(/C=C/c3ccc(-n4cnc(C)c4Cl)c(OC)c3)=NOC23CCc2ccccc23)cc1. The Hall–Kier alpha value is -4.23. The number of halogens is 1. The summed E-state index contributed by atoms with van der Waals surface area (Å²) in [6.45, 7) is 2.52. The molecule has 0 saturated carbocycles. The Morgan fingerprint density at radius 3 is 2.59 bits per heavy atom. The molecular weight excluding hydrogens is 512 g/mol. The Balaban J connectivity index is 1.32. The largest absolute Gasteiger partial charge is 0.497 e. The molecule has 1 unspecified atom stereocenters. The van der Waals surface area contributed by atoms with Gasteiger partial charge < -0.3 is 19.2 Å². The zero-order valence-corrected chi connectivity index (χ0v) is 22.9. The highest BCUT2D eigenvalue weighted by Crippen LogP contribution is 2.46. The first kappa shape index (κ1) is 25.1. The zero-order valence-electron chi connectivity index (χ0n) is 22.1. The summed E-state index contributed by atoms with van der Waals surface area (Å²) in [5.74, 6) is 2.28. The van der Waals surface area contributed by atoms with Crippen molar-refractivity contribution in [1.82, 2.24) is 14.5 Å². The third kappa shape index (κ3) is 4.42. The quantitative estimate of drug-likeness (QED) is 0.267. The molecule has 4 aromatic rings. The first-order valence-electron chi connectivity index (χ1n) is 12.8. The van der Waals surface area contributed by atoms with E-state index in [1.165, 1.54) is 11.1 Å². The fourth-order valence-electron chi connectivity index (χ4n) is 5.34. The van der Waals surface area contributed by atoms with Gasteiger partial charge in [0.05, 0.1) is 25.6 Å². The number of methoxy groups -OCH3 is 2. The van der Waals surface area contributed by atoms with Crippen LogP contribution in [0.3, 0.4) is 0 Å². The van der Waals surface area contributed by atoms with Gasteiger partial charge in [0, 0.05) is 18.5 Å². The maximum Gasteiger partial charge on any atom is 0.238 e. The molecule has 6 rings (SSSR count). The van der Waals surface area contributed by atoms with E-state index < -0.39 is 5.72 Å². The predicted octanol–water partition coefficient (Wildman–Crippen LogP) is 6.51. The number of ether oxygens (including phenoxy) is 2. The summed E-state index contributed by atoms with van der Waals surface area (Å²) in [6.07, 6.45) is 7.50. The predicted molar refractivity (Wildman–Crippen MR) is 152 cm³/mol. The summed E-state index contributed by atoms with van der Waals surface area (Å²) in [4.78, 5) is 12.8. The van der Waals surface area contributed by atoms with Crippen LogP contribution >= 0.6 is 11.6 Å². The second-order valence-electron chi connectivity index (χ2n) is 9.67. The van der Waals surface area contributed by atoms with Crippen molar-refractivity contribution in [3.8, 4) is 17.2 Å². The lowest BCUT2D eigenvalue weighted by molar-refractivity contribution is -0.107. The van der Waals surface area contributed by atoms with Crippen LogP contribution in [0.5, 0.6) is 11.5 Å². The minimum atomic E-state index is -0.631. The molecule has 8 heteroatoms. The van der Waals surface area contributed by atoms with Gasteiger partial charge in [0.1, 0.15) is 23.0 Å². The molecule has 0 fully saturated rings. The maximum absolute atomic E-state index is 6.44. The molecule has 2 heterocycles. The van der Waals surface area contributed by atoms with E-state index in [0.717, 1.165) is 46.9 Å². The summed E-state index contributed by atoms with van der Waals surface area (Å²) in [5, 5.41) is 5.15. The number of hydrogen-bond donors (Lipinski definition) is 0. The van der Waals surface area contributed by atoms with E-state index in [4.69, 9.17) is 25.9 Å². The second-order valence-corrected chi connectivity index (χ2v) is 10.0. The van der Waals surface area contributed by atoms with Crippen molar-refractivity contribution in [1.29, 1.82) is 0 Å². The van der Waals surface area contributed by atoms with Gasteiger partial charge in [0.15, 0.2) is 5.84 Å². The first-order valence-corrected chi connectivity index (χ1v) is 13.2. The summed E-state index contributed by atoms with van der Waals surface area (Å²) in [6, 6.07) is 22.6. The topological polar surface area (TPSA) is 61.1 Å². The van der Waals surface area contributed by atoms with Crippen LogP contribution in [0, 0.1) is 6.92 Å². The van der Waals surface area contributed by atoms with E-state index in [0.29, 0.717) is 17.4 Å². The van der Waals surface area contributed by atoms with Crippen molar-refractivity contribution < 1.29 is 14.3 Å². The standard InChI is InChI=1S/C31H29ClN4O3/c1-21-30(32)35(20-33-21)27-14-10-22(18-28(27)38-3)11-15-29-34-39-31(17-16-24-6-4-5-7-26(24)31)36(29)19-23-8-12-25(37-2)13-9-23/h4-15,18,20H,16-17,19H2,1-3H3/b15-11+. The smallest absolute Gasteiger partial charge is 0.238 e. The molecule has 2 aliphatic rings. The van der Waals surface area contributed by atoms with Crippen LogP contribution in [-0.4, -0.2) is 34.5 Å². The molecular formula is C31H29ClN4O3. The number of fused-ring (bicyclic) bond motifs is 2. The normalized spacial score (nSPS) is 17.9. The van der Waals surface area contributed by atoms with Crippen LogP contribution in [0.1, 0.15) is 34.4 Å². The van der Waals surface area contributed by atoms with Crippen LogP contribution in [0.4, 0.5) is 0 Å². The highest BCUT2D eigenvalue weighted by atomic mass is 35.5. The lowest BCUT2D eigenvalue weighted by Gasteiger charge is -2.34. The Morgan fingerprint density at radius 1 is 1.03 bits per heavy atom. The van der Waals surface area contributed by atoms with E-state index >= 15 is 0 Å². The van der Waals surface area contributed by atoms with Gasteiger partial charge in [-0.3, -0.25) is 4.57 Å². The minimum absolute atomic E-state index is 0.561. The fourth-order valence-corrected chi connectivity index (χ4v) is 5.52. The maximum atomic E-state index is 6.44. The summed E-state index contributed by atoms with van der Waals surface area (Å²) in [5.41, 5.74) is 5.53. The van der Waals surface area contributed by atoms with Crippen molar-refractivity contribution >= 4 is 23.5 Å². The highest BCUT2D eigenvalue weighted by Gasteiger charge is 2.51. The van der Waals surface area contributed by atoms with E-state index in [1.54, 1.807) is 20.5 Å². The summed E-state index contributed by atoms with van der Waals surface area (Å²) >= 11 is 6.44. The fraction of sp³-hybridized carbons (Fsp3) is 0.226. The average molecular weight is 541 g/mol. The molecule has 0 N–H and O–H groups in total. The van der Waals surface area contributed by atoms with E-state index in [9.17, 15) is 0 Å². The number of oxime groups is 1. The third-order valence-electron chi connectivity index (χ3n) is 7.44. The van der Waals surface area contributed by atoms with Crippen molar-refractivity contribution in [2.24, 2.45) is 5.16 Å². The number of nitrogens with zero attached hydrogens (tertiary/aromatic N) is 4. The van der Waals surface area contributed by atoms with Crippen molar-refractivity contribution in [3.05, 3.63) is 112 Å². The van der Waals surface area contributed by atoms with Gasteiger partial charge in [-0.15, -0.1) is 0 Å². The molecule has 39 heavy (non-hydrogen) atoms. The molecule has 1 aliphatic heterocycles. The van der Waals surface area contributed by atoms with Gasteiger partial charge in [-0.05, 0) is 60.4 Å². The molecule has 7 nitrogen and oxygen atoms in total. The third-order valence-corrected chi connectivity index (χ3v) is 7.89. The van der Waals surface area contributed by atoms with Crippen LogP contribution in [-0.2, 0) is 23.5 Å². The van der Waals surface area contributed by atoms with Crippen molar-refractivity contribution in [2.45, 2.75) is 32.0 Å². The number of amidine groups is 1. The Kier molecular flexibility index (Phi) is 6.53. The molecule has 0 saturated heterocycles. The van der Waals surface area contributed by atoms with E-state index in [2.05, 4.69) is 51.4 Å². The summed E-state index contributed by atoms with van der Waals surface area (Å²) in [7, 11) is 3.33. The molecule has 0 radical (unpaired) electrons. The van der Waals surface area contributed by atoms with Gasteiger partial charge in [0.2, 0.25) is 5.72 Å². The Labute approximate surface area is 232 Å². The van der Waals surface area contributed by atoms with Gasteiger partial charge >= 0.3 is 0 Å². The Bertz CT molecular complexity index is 1580. The first-order chi connectivity index (χ1) is 19.0. The molecule has 1 aromatic heterocycles. The lowest BCUT2D eigenvalue weighted by atomic mass is 10.0. The van der Waals surface area contributed by atoms with E-state index in [1.807, 2.05) is 54.0 Å². The van der Waals surface area contributed by atoms with Crippen molar-refractivity contribution in [2.75, 3.05) is 14.2 Å². The van der Waals surface area contributed by atoms with Crippen LogP contribution in [0.15, 0.2) is 84.3 Å². The van der Waals surface area contributed by atoms with Crippen LogP contribution < -0.4 is 9.47 Å². The monoisotopic (exact) mass is 540 g/mol. The number of aryl methyl sites for hydroxylation is 2. The van der Waals surface area contributed by atoms with Gasteiger partial charge in [-0.1, -0.05) is 65.3 Å². The van der Waals surface area contributed by atoms with Crippen LogP contribution in [0.2, 0.25) is 5.15 Å². The Morgan fingerprint density at radius 2 is 1.85 bits per heavy atom. The van der Waals surface area contributed by atoms with Crippen molar-refractivity contribution in [3.63, 3.8) is 0 Å². The number of hydrogen-bond acceptors (Lipinski definition) is 6. The van der Waals surface area contributed by atoms with Gasteiger partial charge in [-0.25, -0.2) is 4.98 Å². The molecule has 198 valence electrons. The molecule has 1 spiro atoms. The molecule has 3 aromatic carbocycles. The number of rotatable bonds is 7. The molecule has 1 aliphatic carbocycles. The zero-order chi connectivity index (χ0) is 27.0. The van der Waals surface area contributed by atoms with Crippen LogP contribution in [0.25, 0.3) is 11.8 Å². The van der Waals surface area contributed by atoms with Gasteiger partial charge in [0.25, 0.3) is 0 Å². The average Bonchev–Trinajstić information content (AvgIpc) is 3.64. The number of aromatic nitrogens is 2.